The number of nitrogens with zero attached hydrogens (tertiary/aromatic N) is 1. The molecule has 0 aromatic rings. The van der Waals surface area contributed by atoms with Crippen molar-refractivity contribution in [2.75, 3.05) is 27.3 Å². The Bertz CT molecular complexity index is 147. The van der Waals surface area contributed by atoms with Crippen LogP contribution in [0.5, 0.6) is 0 Å². The van der Waals surface area contributed by atoms with Gasteiger partial charge in [-0.05, 0) is 21.0 Å². The average Bonchev–Trinajstić information content (AvgIpc) is 2.15. The number of aliphatic hydroxyl groups is 3. The van der Waals surface area contributed by atoms with Crippen molar-refractivity contribution in [2.45, 2.75) is 19.1 Å². The van der Waals surface area contributed by atoms with E-state index in [1.165, 1.54) is 0 Å². The predicted molar refractivity (Wildman–Crippen MR) is 51.0 cm³/mol. The smallest absolute Gasteiger partial charge is 0.320 e. The van der Waals surface area contributed by atoms with Crippen molar-refractivity contribution in [3.63, 3.8) is 0 Å². The Balaban J connectivity index is 0. The van der Waals surface area contributed by atoms with Crippen molar-refractivity contribution in [3.05, 3.63) is 0 Å². The largest absolute Gasteiger partial charge is 0.480 e. The Hall–Kier alpha value is -0.690. The van der Waals surface area contributed by atoms with E-state index in [1.54, 1.807) is 25.9 Å². The van der Waals surface area contributed by atoms with E-state index in [0.29, 0.717) is 0 Å². The summed E-state index contributed by atoms with van der Waals surface area (Å²) in [6.45, 7) is 0.912. The van der Waals surface area contributed by atoms with Crippen molar-refractivity contribution >= 4 is 5.97 Å². The zero-order valence-electron chi connectivity index (χ0n) is 8.71. The number of rotatable bonds is 4. The Morgan fingerprint density at radius 3 is 1.64 bits per heavy atom. The predicted octanol–water partition coefficient (Wildman–Crippen LogP) is -1.65. The zero-order valence-corrected chi connectivity index (χ0v) is 8.71. The van der Waals surface area contributed by atoms with Crippen molar-refractivity contribution < 1.29 is 25.2 Å². The fourth-order valence-electron chi connectivity index (χ4n) is 0.279. The maximum absolute atomic E-state index is 10.1. The third-order valence-electron chi connectivity index (χ3n) is 1.55. The number of hydrogen-bond acceptors (Lipinski definition) is 5. The van der Waals surface area contributed by atoms with Gasteiger partial charge in [0.1, 0.15) is 12.1 Å². The molecule has 86 valence electrons. The first kappa shape index (κ1) is 15.8. The van der Waals surface area contributed by atoms with E-state index in [4.69, 9.17) is 20.4 Å². The van der Waals surface area contributed by atoms with Crippen molar-refractivity contribution in [1.29, 1.82) is 0 Å². The minimum atomic E-state index is -0.954. The van der Waals surface area contributed by atoms with Crippen LogP contribution in [0.2, 0.25) is 0 Å². The van der Waals surface area contributed by atoms with Gasteiger partial charge in [0.05, 0.1) is 13.2 Å². The topological polar surface area (TPSA) is 101 Å². The van der Waals surface area contributed by atoms with E-state index in [-0.39, 0.29) is 19.3 Å². The first-order valence-corrected chi connectivity index (χ1v) is 4.15. The summed E-state index contributed by atoms with van der Waals surface area (Å²) in [5.74, 6) is -0.782. The summed E-state index contributed by atoms with van der Waals surface area (Å²) in [6, 6.07) is -0.380. The maximum Gasteiger partial charge on any atom is 0.320 e. The van der Waals surface area contributed by atoms with E-state index >= 15 is 0 Å². The molecule has 1 unspecified atom stereocenters. The van der Waals surface area contributed by atoms with E-state index in [2.05, 4.69) is 0 Å². The average molecular weight is 209 g/mol. The van der Waals surface area contributed by atoms with Gasteiger partial charge in [-0.15, -0.1) is 0 Å². The van der Waals surface area contributed by atoms with Crippen LogP contribution in [0.15, 0.2) is 0 Å². The number of likely N-dealkylation sites (N-methyl/N-ethyl adjacent to an activating group) is 1. The third-order valence-corrected chi connectivity index (χ3v) is 1.55. The number of carboxylic acids is 1. The van der Waals surface area contributed by atoms with Gasteiger partial charge in [0.25, 0.3) is 0 Å². The molecule has 6 nitrogen and oxygen atoms in total. The molecule has 0 aromatic carbocycles. The summed E-state index contributed by atoms with van der Waals surface area (Å²) in [7, 11) is 3.47. The van der Waals surface area contributed by atoms with E-state index in [1.807, 2.05) is 0 Å². The molecule has 0 amide bonds. The van der Waals surface area contributed by atoms with Gasteiger partial charge < -0.3 is 20.4 Å². The fraction of sp³-hybridized carbons (Fsp3) is 0.875. The molecule has 0 spiro atoms. The summed E-state index contributed by atoms with van der Waals surface area (Å²) in [4.78, 5) is 11.7. The normalized spacial score (nSPS) is 12.3. The molecule has 0 aliphatic carbocycles. The van der Waals surface area contributed by atoms with Gasteiger partial charge in [-0.25, -0.2) is 0 Å². The number of hydrogen-bond donors (Lipinski definition) is 4. The van der Waals surface area contributed by atoms with Crippen LogP contribution in [0.4, 0.5) is 0 Å². The minimum Gasteiger partial charge on any atom is -0.480 e. The molecular weight excluding hydrogens is 190 g/mol. The molecule has 0 rings (SSSR count). The van der Waals surface area contributed by atoms with Crippen LogP contribution in [-0.4, -0.2) is 70.8 Å². The maximum atomic E-state index is 10.1. The van der Waals surface area contributed by atoms with Gasteiger partial charge in [0.15, 0.2) is 0 Å². The molecule has 0 radical (unpaired) electrons. The second-order valence-corrected chi connectivity index (χ2v) is 3.00. The molecule has 0 heterocycles. The molecule has 0 aliphatic heterocycles. The first-order valence-electron chi connectivity index (χ1n) is 4.15. The lowest BCUT2D eigenvalue weighted by Crippen LogP contribution is -2.32. The first-order chi connectivity index (χ1) is 6.36. The Labute approximate surface area is 83.4 Å². The monoisotopic (exact) mass is 209 g/mol. The third kappa shape index (κ3) is 9.40. The Morgan fingerprint density at radius 2 is 1.64 bits per heavy atom. The van der Waals surface area contributed by atoms with Crippen LogP contribution in [0.1, 0.15) is 6.92 Å². The van der Waals surface area contributed by atoms with Crippen LogP contribution in [0.3, 0.4) is 0 Å². The minimum absolute atomic E-state index is 0.365. The van der Waals surface area contributed by atoms with Crippen molar-refractivity contribution in [2.24, 2.45) is 0 Å². The quantitative estimate of drug-likeness (QED) is 0.443. The Morgan fingerprint density at radius 1 is 1.29 bits per heavy atom. The van der Waals surface area contributed by atoms with Gasteiger partial charge in [-0.3, -0.25) is 9.69 Å². The SMILES string of the molecule is CC(C(=O)O)N(C)C.OCC(O)CO. The van der Waals surface area contributed by atoms with Crippen LogP contribution < -0.4 is 0 Å². The number of carbonyl (C=O) groups is 1. The molecule has 0 saturated carbocycles. The highest BCUT2D eigenvalue weighted by Crippen LogP contribution is 1.88. The lowest BCUT2D eigenvalue weighted by molar-refractivity contribution is -0.141. The standard InChI is InChI=1S/C5H11NO2.C3H8O3/c1-4(5(7)8)6(2)3;4-1-3(6)2-5/h4H,1-3H3,(H,7,8);3-6H,1-2H2. The molecule has 1 atom stereocenters. The van der Waals surface area contributed by atoms with Gasteiger partial charge in [-0.1, -0.05) is 0 Å². The highest BCUT2D eigenvalue weighted by atomic mass is 16.4. The van der Waals surface area contributed by atoms with Crippen molar-refractivity contribution in [3.8, 4) is 0 Å². The highest BCUT2D eigenvalue weighted by molar-refractivity contribution is 5.72. The van der Waals surface area contributed by atoms with Gasteiger partial charge in [0, 0.05) is 0 Å². The van der Waals surface area contributed by atoms with Gasteiger partial charge >= 0.3 is 5.97 Å². The summed E-state index contributed by atoms with van der Waals surface area (Å²) >= 11 is 0. The van der Waals surface area contributed by atoms with Gasteiger partial charge in [0.2, 0.25) is 0 Å². The molecule has 0 bridgehead atoms. The summed E-state index contributed by atoms with van der Waals surface area (Å²) < 4.78 is 0. The lowest BCUT2D eigenvalue weighted by Gasteiger charge is -2.13. The number of aliphatic carboxylic acids is 1. The Kier molecular flexibility index (Phi) is 10.0. The molecule has 6 heteroatoms. The van der Waals surface area contributed by atoms with Crippen LogP contribution in [0.25, 0.3) is 0 Å². The summed E-state index contributed by atoms with van der Waals surface area (Å²) in [5.41, 5.74) is 0. The molecular formula is C8H19NO5. The highest BCUT2D eigenvalue weighted by Gasteiger charge is 2.11. The molecule has 0 saturated heterocycles. The lowest BCUT2D eigenvalue weighted by atomic mass is 10.3. The number of aliphatic hydroxyl groups excluding tert-OH is 3. The van der Waals surface area contributed by atoms with Crippen LogP contribution >= 0.6 is 0 Å². The summed E-state index contributed by atoms with van der Waals surface area (Å²) in [5, 5.41) is 32.3. The molecule has 14 heavy (non-hydrogen) atoms. The zero-order chi connectivity index (χ0) is 11.7. The van der Waals surface area contributed by atoms with E-state index < -0.39 is 12.1 Å². The number of carboxylic acid groups (broad SMARTS) is 1. The summed E-state index contributed by atoms with van der Waals surface area (Å²) in [6.07, 6.45) is -0.954. The van der Waals surface area contributed by atoms with Crippen LogP contribution in [0, 0.1) is 0 Å². The van der Waals surface area contributed by atoms with E-state index in [0.717, 1.165) is 0 Å². The molecule has 0 aliphatic rings. The molecule has 4 N–H and O–H groups in total. The fourth-order valence-corrected chi connectivity index (χ4v) is 0.279. The van der Waals surface area contributed by atoms with E-state index in [9.17, 15) is 4.79 Å². The van der Waals surface area contributed by atoms with Crippen LogP contribution in [-0.2, 0) is 4.79 Å². The molecule has 0 aromatic heterocycles. The molecule has 0 fully saturated rings. The second kappa shape index (κ2) is 8.89. The second-order valence-electron chi connectivity index (χ2n) is 3.00. The van der Waals surface area contributed by atoms with Crippen molar-refractivity contribution in [1.82, 2.24) is 4.90 Å². The van der Waals surface area contributed by atoms with Gasteiger partial charge in [-0.2, -0.15) is 0 Å².